The fraction of sp³-hybridized carbons (Fsp3) is 0.579. The summed E-state index contributed by atoms with van der Waals surface area (Å²) in [6, 6.07) is 3.96. The maximum Gasteiger partial charge on any atom is 0.328 e. The highest BCUT2D eigenvalue weighted by Crippen LogP contribution is 2.24. The number of amides is 1. The molecule has 1 aromatic carbocycles. The highest BCUT2D eigenvalue weighted by molar-refractivity contribution is 7.89. The SMILES string of the molecule is CC[C@H](C)[C@@H](NC(=O)C1CCN(S(=O)(=O)c2ccc(F)cc2)CC1)C(=O)OC. The van der Waals surface area contributed by atoms with E-state index >= 15 is 0 Å². The lowest BCUT2D eigenvalue weighted by atomic mass is 9.94. The third kappa shape index (κ3) is 5.08. The first-order chi connectivity index (χ1) is 13.2. The van der Waals surface area contributed by atoms with Crippen molar-refractivity contribution in [2.45, 2.75) is 44.0 Å². The lowest BCUT2D eigenvalue weighted by Gasteiger charge is -2.32. The molecule has 1 amide bonds. The molecule has 1 heterocycles. The molecular weight excluding hydrogens is 387 g/mol. The molecule has 7 nitrogen and oxygen atoms in total. The first-order valence-electron chi connectivity index (χ1n) is 9.34. The number of methoxy groups -OCH3 is 1. The van der Waals surface area contributed by atoms with Crippen LogP contribution in [0.15, 0.2) is 29.2 Å². The van der Waals surface area contributed by atoms with Crippen LogP contribution in [0, 0.1) is 17.7 Å². The van der Waals surface area contributed by atoms with Gasteiger partial charge in [0.1, 0.15) is 11.9 Å². The fourth-order valence-electron chi connectivity index (χ4n) is 3.18. The molecule has 156 valence electrons. The summed E-state index contributed by atoms with van der Waals surface area (Å²) in [5, 5.41) is 2.76. The van der Waals surface area contributed by atoms with Crippen molar-refractivity contribution in [1.82, 2.24) is 9.62 Å². The van der Waals surface area contributed by atoms with E-state index in [0.717, 1.165) is 12.1 Å². The molecule has 9 heteroatoms. The molecule has 0 spiro atoms. The summed E-state index contributed by atoms with van der Waals surface area (Å²) >= 11 is 0. The predicted octanol–water partition coefficient (Wildman–Crippen LogP) is 1.93. The summed E-state index contributed by atoms with van der Waals surface area (Å²) in [7, 11) is -2.44. The molecule has 28 heavy (non-hydrogen) atoms. The smallest absolute Gasteiger partial charge is 0.328 e. The van der Waals surface area contributed by atoms with Gasteiger partial charge in [-0.05, 0) is 43.0 Å². The van der Waals surface area contributed by atoms with E-state index in [0.29, 0.717) is 19.3 Å². The summed E-state index contributed by atoms with van der Waals surface area (Å²) in [5.41, 5.74) is 0. The van der Waals surface area contributed by atoms with Crippen molar-refractivity contribution >= 4 is 21.9 Å². The zero-order valence-electron chi connectivity index (χ0n) is 16.4. The number of halogens is 1. The molecule has 0 saturated carbocycles. The van der Waals surface area contributed by atoms with Crippen LogP contribution < -0.4 is 5.32 Å². The summed E-state index contributed by atoms with van der Waals surface area (Å²) in [6.07, 6.45) is 1.40. The van der Waals surface area contributed by atoms with Crippen molar-refractivity contribution in [2.24, 2.45) is 11.8 Å². The molecule has 0 aromatic heterocycles. The van der Waals surface area contributed by atoms with Gasteiger partial charge in [-0.3, -0.25) is 4.79 Å². The lowest BCUT2D eigenvalue weighted by Crippen LogP contribution is -2.50. The van der Waals surface area contributed by atoms with Crippen molar-refractivity contribution in [1.29, 1.82) is 0 Å². The van der Waals surface area contributed by atoms with Crippen molar-refractivity contribution in [3.05, 3.63) is 30.1 Å². The van der Waals surface area contributed by atoms with Gasteiger partial charge in [-0.2, -0.15) is 4.31 Å². The van der Waals surface area contributed by atoms with E-state index in [-0.39, 0.29) is 35.7 Å². The predicted molar refractivity (Wildman–Crippen MR) is 101 cm³/mol. The number of esters is 1. The van der Waals surface area contributed by atoms with Crippen LogP contribution in [0.25, 0.3) is 0 Å². The Labute approximate surface area is 165 Å². The Balaban J connectivity index is 1.99. The maximum absolute atomic E-state index is 13.0. The number of benzene rings is 1. The number of hydrogen-bond donors (Lipinski definition) is 1. The minimum atomic E-state index is -3.72. The second kappa shape index (κ2) is 9.47. The number of nitrogens with one attached hydrogen (secondary N) is 1. The molecule has 1 saturated heterocycles. The Bertz CT molecular complexity index is 789. The largest absolute Gasteiger partial charge is 0.467 e. The average molecular weight is 414 g/mol. The van der Waals surface area contributed by atoms with Gasteiger partial charge in [0.25, 0.3) is 0 Å². The molecule has 1 N–H and O–H groups in total. The third-order valence-corrected chi connectivity index (χ3v) is 7.15. The van der Waals surface area contributed by atoms with Gasteiger partial charge in [-0.1, -0.05) is 20.3 Å². The zero-order chi connectivity index (χ0) is 20.9. The van der Waals surface area contributed by atoms with Gasteiger partial charge in [0.2, 0.25) is 15.9 Å². The molecular formula is C19H27FN2O5S. The van der Waals surface area contributed by atoms with Crippen molar-refractivity contribution in [2.75, 3.05) is 20.2 Å². The lowest BCUT2D eigenvalue weighted by molar-refractivity contribution is -0.147. The molecule has 0 radical (unpaired) electrons. The first kappa shape index (κ1) is 22.3. The molecule has 2 rings (SSSR count). The molecule has 1 aromatic rings. The number of rotatable bonds is 7. The minimum Gasteiger partial charge on any atom is -0.467 e. The second-order valence-electron chi connectivity index (χ2n) is 7.03. The van der Waals surface area contributed by atoms with E-state index in [1.807, 2.05) is 13.8 Å². The molecule has 0 bridgehead atoms. The van der Waals surface area contributed by atoms with Crippen LogP contribution in [0.3, 0.4) is 0 Å². The van der Waals surface area contributed by atoms with E-state index in [4.69, 9.17) is 4.74 Å². The van der Waals surface area contributed by atoms with Gasteiger partial charge < -0.3 is 10.1 Å². The average Bonchev–Trinajstić information content (AvgIpc) is 2.71. The topological polar surface area (TPSA) is 92.8 Å². The number of carbonyl (C=O) groups is 2. The van der Waals surface area contributed by atoms with Crippen LogP contribution in [0.1, 0.15) is 33.1 Å². The summed E-state index contributed by atoms with van der Waals surface area (Å²) < 4.78 is 44.4. The number of carbonyl (C=O) groups excluding carboxylic acids is 2. The Morgan fingerprint density at radius 1 is 1.25 bits per heavy atom. The minimum absolute atomic E-state index is 0.0272. The number of hydrogen-bond acceptors (Lipinski definition) is 5. The molecule has 1 aliphatic heterocycles. The highest BCUT2D eigenvalue weighted by Gasteiger charge is 2.34. The van der Waals surface area contributed by atoms with Gasteiger partial charge in [0.15, 0.2) is 0 Å². The summed E-state index contributed by atoms with van der Waals surface area (Å²) in [5.74, 6) is -1.71. The van der Waals surface area contributed by atoms with Gasteiger partial charge in [-0.15, -0.1) is 0 Å². The second-order valence-corrected chi connectivity index (χ2v) is 8.97. The standard InChI is InChI=1S/C19H27FN2O5S/c1-4-13(2)17(19(24)27-3)21-18(23)14-9-11-22(12-10-14)28(25,26)16-7-5-15(20)6-8-16/h5-8,13-14,17H,4,9-12H2,1-3H3,(H,21,23)/t13-,17+/m0/s1. The Morgan fingerprint density at radius 2 is 1.82 bits per heavy atom. The van der Waals surface area contributed by atoms with E-state index in [1.54, 1.807) is 0 Å². The monoisotopic (exact) mass is 414 g/mol. The van der Waals surface area contributed by atoms with E-state index in [9.17, 15) is 22.4 Å². The van der Waals surface area contributed by atoms with Gasteiger partial charge in [0, 0.05) is 19.0 Å². The van der Waals surface area contributed by atoms with Crippen LogP contribution >= 0.6 is 0 Å². The van der Waals surface area contributed by atoms with Crippen molar-refractivity contribution in [3.8, 4) is 0 Å². The maximum atomic E-state index is 13.0. The van der Waals surface area contributed by atoms with Crippen molar-refractivity contribution in [3.63, 3.8) is 0 Å². The number of ether oxygens (including phenoxy) is 1. The van der Waals surface area contributed by atoms with Crippen LogP contribution in [-0.2, 0) is 24.3 Å². The van der Waals surface area contributed by atoms with E-state index < -0.39 is 27.9 Å². The van der Waals surface area contributed by atoms with E-state index in [1.165, 1.54) is 23.5 Å². The quantitative estimate of drug-likeness (QED) is 0.688. The van der Waals surface area contributed by atoms with Crippen LogP contribution in [0.4, 0.5) is 4.39 Å². The van der Waals surface area contributed by atoms with Gasteiger partial charge >= 0.3 is 5.97 Å². The van der Waals surface area contributed by atoms with Gasteiger partial charge in [-0.25, -0.2) is 17.6 Å². The fourth-order valence-corrected chi connectivity index (χ4v) is 4.65. The highest BCUT2D eigenvalue weighted by atomic mass is 32.2. The number of piperidine rings is 1. The first-order valence-corrected chi connectivity index (χ1v) is 10.8. The zero-order valence-corrected chi connectivity index (χ0v) is 17.2. The third-order valence-electron chi connectivity index (χ3n) is 5.24. The molecule has 2 atom stereocenters. The molecule has 0 unspecified atom stereocenters. The number of nitrogens with zero attached hydrogens (tertiary/aromatic N) is 1. The molecule has 1 aliphatic rings. The summed E-state index contributed by atoms with van der Waals surface area (Å²) in [6.45, 7) is 4.15. The number of sulfonamides is 1. The van der Waals surface area contributed by atoms with Crippen LogP contribution in [0.5, 0.6) is 0 Å². The van der Waals surface area contributed by atoms with Crippen molar-refractivity contribution < 1.29 is 27.1 Å². The molecule has 1 fully saturated rings. The summed E-state index contributed by atoms with van der Waals surface area (Å²) in [4.78, 5) is 24.6. The Morgan fingerprint density at radius 3 is 2.32 bits per heavy atom. The van der Waals surface area contributed by atoms with Gasteiger partial charge in [0.05, 0.1) is 12.0 Å². The van der Waals surface area contributed by atoms with Crippen LogP contribution in [-0.4, -0.2) is 50.8 Å². The Hall–Kier alpha value is -2.00. The Kier molecular flexibility index (Phi) is 7.54. The molecule has 0 aliphatic carbocycles. The normalized spacial score (nSPS) is 18.3. The van der Waals surface area contributed by atoms with E-state index in [2.05, 4.69) is 5.32 Å². The van der Waals surface area contributed by atoms with Crippen LogP contribution in [0.2, 0.25) is 0 Å².